The molecule has 1 N–H and O–H groups in total. The molecule has 0 bridgehead atoms. The molecule has 2 heterocycles. The summed E-state index contributed by atoms with van der Waals surface area (Å²) >= 11 is 0. The number of fused-ring (bicyclic) bond motifs is 1. The van der Waals surface area contributed by atoms with Crippen molar-refractivity contribution in [3.8, 4) is 0 Å². The number of nitrogens with one attached hydrogen (secondary N) is 1. The largest absolute Gasteiger partial charge is 0.396 e. The molecule has 2 aliphatic heterocycles. The lowest BCUT2D eigenvalue weighted by molar-refractivity contribution is -0.147. The topological polar surface area (TPSA) is 44.7 Å². The molecule has 1 saturated heterocycles. The van der Waals surface area contributed by atoms with Crippen molar-refractivity contribution in [1.82, 2.24) is 10.3 Å². The summed E-state index contributed by atoms with van der Waals surface area (Å²) < 4.78 is 50.9. The van der Waals surface area contributed by atoms with Crippen molar-refractivity contribution in [1.29, 1.82) is 0 Å². The fourth-order valence-electron chi connectivity index (χ4n) is 2.75. The van der Waals surface area contributed by atoms with Gasteiger partial charge in [-0.1, -0.05) is 30.3 Å². The number of nitrogens with zero attached hydrogens (tertiary/aromatic N) is 2. The van der Waals surface area contributed by atoms with Crippen molar-refractivity contribution in [2.24, 2.45) is 5.10 Å². The fourth-order valence-corrected chi connectivity index (χ4v) is 2.75. The van der Waals surface area contributed by atoms with Crippen LogP contribution in [-0.2, 0) is 4.79 Å². The van der Waals surface area contributed by atoms with E-state index in [4.69, 9.17) is 0 Å². The molecule has 3 rings (SSSR count). The number of ketones is 1. The second-order valence-electron chi connectivity index (χ2n) is 5.31. The molecule has 0 radical (unpaired) electrons. The number of hydrazone groups is 1. The quantitative estimate of drug-likeness (QED) is 0.872. The van der Waals surface area contributed by atoms with Crippen LogP contribution in [-0.4, -0.2) is 35.1 Å². The molecule has 4 nitrogen and oxygen atoms in total. The molecule has 0 aromatic heterocycles. The zero-order chi connectivity index (χ0) is 15.9. The average molecular weight is 315 g/mol. The van der Waals surface area contributed by atoms with E-state index in [0.717, 1.165) is 5.56 Å². The molecule has 0 aliphatic carbocycles. The number of carbonyl (C=O) groups is 1. The van der Waals surface area contributed by atoms with E-state index in [9.17, 15) is 22.4 Å². The number of Topliss-reactive ketones (excluding diaryl/α,β-unsaturated/α-hetero) is 1. The summed E-state index contributed by atoms with van der Waals surface area (Å²) in [4.78, 5) is 11.6. The molecule has 0 spiro atoms. The Hall–Kier alpha value is -2.12. The van der Waals surface area contributed by atoms with Crippen molar-refractivity contribution in [3.05, 3.63) is 35.9 Å². The molecule has 8 heteroatoms. The van der Waals surface area contributed by atoms with Crippen LogP contribution in [0.5, 0.6) is 0 Å². The summed E-state index contributed by atoms with van der Waals surface area (Å²) in [6.45, 7) is 0. The van der Waals surface area contributed by atoms with Gasteiger partial charge < -0.3 is 5.32 Å². The van der Waals surface area contributed by atoms with Gasteiger partial charge in [0.05, 0.1) is 6.04 Å². The van der Waals surface area contributed by atoms with E-state index < -0.39 is 42.6 Å². The highest BCUT2D eigenvalue weighted by molar-refractivity contribution is 6.39. The summed E-state index contributed by atoms with van der Waals surface area (Å²) in [5.74, 6) is -1.61. The number of benzene rings is 1. The maximum Gasteiger partial charge on any atom is 0.396 e. The number of carbonyl (C=O) groups excluding carboxylic acids is 1. The Bertz CT molecular complexity index is 602. The minimum absolute atomic E-state index is 0.173. The summed E-state index contributed by atoms with van der Waals surface area (Å²) in [5.41, 5.74) is 0.808. The van der Waals surface area contributed by atoms with Gasteiger partial charge in [-0.25, -0.2) is 4.39 Å². The van der Waals surface area contributed by atoms with Crippen LogP contribution in [0.2, 0.25) is 0 Å². The first-order valence-corrected chi connectivity index (χ1v) is 6.77. The number of rotatable bonds is 3. The highest BCUT2D eigenvalue weighted by Crippen LogP contribution is 2.39. The maximum atomic E-state index is 14.1. The lowest BCUT2D eigenvalue weighted by Gasteiger charge is -2.21. The summed E-state index contributed by atoms with van der Waals surface area (Å²) in [6.07, 6.45) is -8.25. The van der Waals surface area contributed by atoms with Crippen LogP contribution in [0.4, 0.5) is 17.6 Å². The Morgan fingerprint density at radius 3 is 2.64 bits per heavy atom. The summed E-state index contributed by atoms with van der Waals surface area (Å²) in [5, 5.41) is 7.72. The predicted octanol–water partition coefficient (Wildman–Crippen LogP) is 2.54. The first-order chi connectivity index (χ1) is 10.3. The molecule has 0 saturated carbocycles. The molecule has 2 aliphatic rings. The monoisotopic (exact) mass is 315 g/mol. The normalized spacial score (nSPS) is 27.4. The van der Waals surface area contributed by atoms with Gasteiger partial charge in [-0.05, 0) is 5.56 Å². The molecule has 1 aromatic carbocycles. The van der Waals surface area contributed by atoms with E-state index in [1.807, 2.05) is 6.07 Å². The third-order valence-corrected chi connectivity index (χ3v) is 3.70. The lowest BCUT2D eigenvalue weighted by atomic mass is 10.0. The molecular formula is C14H13F4N3O. The molecule has 1 aromatic rings. The van der Waals surface area contributed by atoms with Crippen LogP contribution in [0.3, 0.4) is 0 Å². The van der Waals surface area contributed by atoms with Gasteiger partial charge in [0.2, 0.25) is 5.78 Å². The van der Waals surface area contributed by atoms with Crippen LogP contribution in [0, 0.1) is 0 Å². The number of hydrogen-bond acceptors (Lipinski definition) is 4. The molecule has 3 atom stereocenters. The van der Waals surface area contributed by atoms with E-state index >= 15 is 0 Å². The van der Waals surface area contributed by atoms with Crippen LogP contribution in [0.15, 0.2) is 35.4 Å². The molecular weight excluding hydrogens is 302 g/mol. The Balaban J connectivity index is 1.81. The van der Waals surface area contributed by atoms with Gasteiger partial charge in [-0.3, -0.25) is 9.80 Å². The second-order valence-corrected chi connectivity index (χ2v) is 5.31. The van der Waals surface area contributed by atoms with Crippen molar-refractivity contribution >= 4 is 11.6 Å². The Morgan fingerprint density at radius 2 is 2.00 bits per heavy atom. The van der Waals surface area contributed by atoms with Gasteiger partial charge in [0.15, 0.2) is 5.84 Å². The number of alkyl halides is 4. The van der Waals surface area contributed by atoms with E-state index in [0.29, 0.717) is 0 Å². The Morgan fingerprint density at radius 1 is 1.32 bits per heavy atom. The van der Waals surface area contributed by atoms with Crippen LogP contribution >= 0.6 is 0 Å². The smallest absolute Gasteiger partial charge is 0.342 e. The van der Waals surface area contributed by atoms with Crippen LogP contribution in [0.1, 0.15) is 24.4 Å². The average Bonchev–Trinajstić information content (AvgIpc) is 2.99. The van der Waals surface area contributed by atoms with Crippen LogP contribution in [0.25, 0.3) is 0 Å². The van der Waals surface area contributed by atoms with Crippen molar-refractivity contribution in [2.45, 2.75) is 37.4 Å². The zero-order valence-corrected chi connectivity index (χ0v) is 11.3. The molecule has 0 amide bonds. The highest BCUT2D eigenvalue weighted by Gasteiger charge is 2.47. The van der Waals surface area contributed by atoms with Gasteiger partial charge in [0, 0.05) is 6.42 Å². The third kappa shape index (κ3) is 2.77. The SMILES string of the molecule is O=C(CC(F)(F)F)C1=NN2C(N1)[C@H](F)C[C@@H]2c1ccccc1. The molecule has 1 fully saturated rings. The Kier molecular flexibility index (Phi) is 3.54. The van der Waals surface area contributed by atoms with E-state index in [-0.39, 0.29) is 6.42 Å². The van der Waals surface area contributed by atoms with Crippen molar-refractivity contribution < 1.29 is 22.4 Å². The van der Waals surface area contributed by atoms with Crippen molar-refractivity contribution in [3.63, 3.8) is 0 Å². The van der Waals surface area contributed by atoms with Crippen LogP contribution < -0.4 is 5.32 Å². The van der Waals surface area contributed by atoms with Gasteiger partial charge in [0.1, 0.15) is 18.8 Å². The standard InChI is InChI=1S/C14H13F4N3O/c15-9-6-10(8-4-2-1-3-5-8)21-13(9)19-12(20-21)11(22)7-14(16,17)18/h1-5,9-10,13H,6-7H2,(H,19,20)/t9-,10-,13?/m1/s1. The highest BCUT2D eigenvalue weighted by atomic mass is 19.4. The van der Waals surface area contributed by atoms with Crippen molar-refractivity contribution in [2.75, 3.05) is 0 Å². The molecule has 22 heavy (non-hydrogen) atoms. The lowest BCUT2D eigenvalue weighted by Crippen LogP contribution is -2.42. The maximum absolute atomic E-state index is 14.1. The molecule has 118 valence electrons. The fraction of sp³-hybridized carbons (Fsp3) is 0.429. The first kappa shape index (κ1) is 14.8. The predicted molar refractivity (Wildman–Crippen MR) is 70.6 cm³/mol. The van der Waals surface area contributed by atoms with E-state index in [1.165, 1.54) is 5.01 Å². The first-order valence-electron chi connectivity index (χ1n) is 6.77. The van der Waals surface area contributed by atoms with E-state index in [2.05, 4.69) is 10.4 Å². The number of hydrogen-bond donors (Lipinski definition) is 1. The second kappa shape index (κ2) is 5.26. The summed E-state index contributed by atoms with van der Waals surface area (Å²) in [6, 6.07) is 8.59. The number of amidine groups is 1. The zero-order valence-electron chi connectivity index (χ0n) is 11.3. The third-order valence-electron chi connectivity index (χ3n) is 3.70. The number of halogens is 4. The minimum Gasteiger partial charge on any atom is -0.342 e. The van der Waals surface area contributed by atoms with Gasteiger partial charge in [-0.2, -0.15) is 18.3 Å². The Labute approximate surface area is 123 Å². The molecule has 1 unspecified atom stereocenters. The minimum atomic E-state index is -4.61. The van der Waals surface area contributed by atoms with E-state index in [1.54, 1.807) is 24.3 Å². The van der Waals surface area contributed by atoms with Gasteiger partial charge in [-0.15, -0.1) is 0 Å². The van der Waals surface area contributed by atoms with Gasteiger partial charge in [0.25, 0.3) is 0 Å². The summed E-state index contributed by atoms with van der Waals surface area (Å²) in [7, 11) is 0. The van der Waals surface area contributed by atoms with Gasteiger partial charge >= 0.3 is 6.18 Å².